The van der Waals surface area contributed by atoms with Crippen LogP contribution in [0.3, 0.4) is 0 Å². The minimum Gasteiger partial charge on any atom is -0.207 e. The van der Waals surface area contributed by atoms with Crippen LogP contribution < -0.4 is 0 Å². The van der Waals surface area contributed by atoms with Crippen LogP contribution in [0.25, 0.3) is 11.1 Å². The molecule has 2 rings (SSSR count). The molecule has 20 heavy (non-hydrogen) atoms. The van der Waals surface area contributed by atoms with Crippen molar-refractivity contribution in [3.63, 3.8) is 0 Å². The van der Waals surface area contributed by atoms with E-state index in [-0.39, 0.29) is 11.1 Å². The predicted molar refractivity (Wildman–Crippen MR) is 75.0 cm³/mol. The highest BCUT2D eigenvalue weighted by atomic mass is 19.1. The summed E-state index contributed by atoms with van der Waals surface area (Å²) in [6.07, 6.45) is 3.68. The van der Waals surface area contributed by atoms with Gasteiger partial charge in [0.2, 0.25) is 0 Å². The van der Waals surface area contributed by atoms with Crippen molar-refractivity contribution < 1.29 is 13.2 Å². The van der Waals surface area contributed by atoms with Gasteiger partial charge in [0.15, 0.2) is 0 Å². The summed E-state index contributed by atoms with van der Waals surface area (Å²) < 4.78 is 41.3. The third-order valence-electron chi connectivity index (χ3n) is 3.35. The van der Waals surface area contributed by atoms with Crippen molar-refractivity contribution in [2.45, 2.75) is 32.6 Å². The van der Waals surface area contributed by atoms with E-state index in [0.29, 0.717) is 12.0 Å². The Labute approximate surface area is 117 Å². The van der Waals surface area contributed by atoms with Gasteiger partial charge in [0.05, 0.1) is 5.56 Å². The fourth-order valence-corrected chi connectivity index (χ4v) is 2.24. The summed E-state index contributed by atoms with van der Waals surface area (Å²) in [6.45, 7) is 2.08. The highest BCUT2D eigenvalue weighted by molar-refractivity contribution is 5.65. The summed E-state index contributed by atoms with van der Waals surface area (Å²) >= 11 is 0. The predicted octanol–water partition coefficient (Wildman–Crippen LogP) is 5.50. The van der Waals surface area contributed by atoms with Gasteiger partial charge in [-0.15, -0.1) is 0 Å². The molecule has 0 amide bonds. The maximum atomic E-state index is 14.0. The number of rotatable bonds is 5. The summed E-state index contributed by atoms with van der Waals surface area (Å²) in [5.74, 6) is -1.76. The maximum Gasteiger partial charge on any atom is 0.133 e. The van der Waals surface area contributed by atoms with Crippen molar-refractivity contribution in [2.75, 3.05) is 0 Å². The molecule has 0 radical (unpaired) electrons. The minimum absolute atomic E-state index is 0.175. The first-order valence-electron chi connectivity index (χ1n) is 6.86. The first-order valence-corrected chi connectivity index (χ1v) is 6.86. The summed E-state index contributed by atoms with van der Waals surface area (Å²) in [5, 5.41) is 0. The Hall–Kier alpha value is -1.77. The van der Waals surface area contributed by atoms with Gasteiger partial charge in [0, 0.05) is 0 Å². The van der Waals surface area contributed by atoms with Crippen molar-refractivity contribution in [2.24, 2.45) is 0 Å². The first kappa shape index (κ1) is 14.6. The van der Waals surface area contributed by atoms with Crippen LogP contribution in [0.15, 0.2) is 36.4 Å². The van der Waals surface area contributed by atoms with Gasteiger partial charge in [-0.2, -0.15) is 0 Å². The van der Waals surface area contributed by atoms with Gasteiger partial charge in [-0.05, 0) is 42.2 Å². The molecule has 0 heterocycles. The largest absolute Gasteiger partial charge is 0.207 e. The molecule has 0 saturated heterocycles. The van der Waals surface area contributed by atoms with Crippen molar-refractivity contribution in [1.29, 1.82) is 0 Å². The van der Waals surface area contributed by atoms with E-state index >= 15 is 0 Å². The second-order valence-corrected chi connectivity index (χ2v) is 4.86. The Morgan fingerprint density at radius 1 is 0.850 bits per heavy atom. The molecule has 0 unspecified atom stereocenters. The zero-order chi connectivity index (χ0) is 14.5. The Balaban J connectivity index is 2.29. The van der Waals surface area contributed by atoms with Crippen LogP contribution >= 0.6 is 0 Å². The number of aryl methyl sites for hydroxylation is 1. The van der Waals surface area contributed by atoms with E-state index in [9.17, 15) is 13.2 Å². The Morgan fingerprint density at radius 2 is 1.55 bits per heavy atom. The lowest BCUT2D eigenvalue weighted by molar-refractivity contribution is 0.586. The van der Waals surface area contributed by atoms with Gasteiger partial charge in [0.1, 0.15) is 17.5 Å². The monoisotopic (exact) mass is 278 g/mol. The van der Waals surface area contributed by atoms with Gasteiger partial charge < -0.3 is 0 Å². The molecule has 0 aliphatic heterocycles. The minimum atomic E-state index is -0.678. The number of unbranched alkanes of at least 4 members (excludes halogenated alkanes) is 2. The normalized spacial score (nSPS) is 10.8. The van der Waals surface area contributed by atoms with Crippen LogP contribution in [0.4, 0.5) is 13.2 Å². The highest BCUT2D eigenvalue weighted by Crippen LogP contribution is 2.27. The molecular weight excluding hydrogens is 261 g/mol. The van der Waals surface area contributed by atoms with Gasteiger partial charge in [-0.1, -0.05) is 38.0 Å². The van der Waals surface area contributed by atoms with Crippen LogP contribution in [0, 0.1) is 17.5 Å². The molecule has 2 aromatic carbocycles. The van der Waals surface area contributed by atoms with Gasteiger partial charge in [-0.3, -0.25) is 0 Å². The summed E-state index contributed by atoms with van der Waals surface area (Å²) in [6, 6.07) is 8.04. The number of benzene rings is 2. The third-order valence-corrected chi connectivity index (χ3v) is 3.35. The van der Waals surface area contributed by atoms with Crippen molar-refractivity contribution >= 4 is 0 Å². The molecule has 0 saturated carbocycles. The summed E-state index contributed by atoms with van der Waals surface area (Å²) in [5.41, 5.74) is 0.655. The third kappa shape index (κ3) is 3.21. The molecule has 0 fully saturated rings. The second-order valence-electron chi connectivity index (χ2n) is 4.86. The Bertz CT molecular complexity index is 571. The molecule has 0 N–H and O–H groups in total. The van der Waals surface area contributed by atoms with Crippen LogP contribution in [0.2, 0.25) is 0 Å². The molecule has 0 bridgehead atoms. The maximum absolute atomic E-state index is 14.0. The molecule has 0 atom stereocenters. The standard InChI is InChI=1S/C17H17F3/c1-2-3-4-6-12-9-10-13(11-16(12)20)17-14(18)7-5-8-15(17)19/h5,7-11H,2-4,6H2,1H3. The quantitative estimate of drug-likeness (QED) is 0.633. The smallest absolute Gasteiger partial charge is 0.133 e. The van der Waals surface area contributed by atoms with Crippen molar-refractivity contribution in [3.05, 3.63) is 59.4 Å². The van der Waals surface area contributed by atoms with E-state index in [1.807, 2.05) is 0 Å². The van der Waals surface area contributed by atoms with Crippen LogP contribution in [-0.4, -0.2) is 0 Å². The van der Waals surface area contributed by atoms with Crippen molar-refractivity contribution in [3.8, 4) is 11.1 Å². The molecule has 0 spiro atoms. The average molecular weight is 278 g/mol. The molecule has 0 aliphatic rings. The van der Waals surface area contributed by atoms with E-state index < -0.39 is 17.5 Å². The van der Waals surface area contributed by atoms with Crippen LogP contribution in [-0.2, 0) is 6.42 Å². The Morgan fingerprint density at radius 3 is 2.15 bits per heavy atom. The topological polar surface area (TPSA) is 0 Å². The number of hydrogen-bond donors (Lipinski definition) is 0. The van der Waals surface area contributed by atoms with Crippen LogP contribution in [0.1, 0.15) is 31.7 Å². The molecule has 106 valence electrons. The molecular formula is C17H17F3. The van der Waals surface area contributed by atoms with Gasteiger partial charge in [0.25, 0.3) is 0 Å². The molecule has 3 heteroatoms. The van der Waals surface area contributed by atoms with E-state index in [1.54, 1.807) is 12.1 Å². The van der Waals surface area contributed by atoms with Crippen LogP contribution in [0.5, 0.6) is 0 Å². The molecule has 0 aliphatic carbocycles. The second kappa shape index (κ2) is 6.60. The Kier molecular flexibility index (Phi) is 4.83. The zero-order valence-electron chi connectivity index (χ0n) is 11.4. The van der Waals surface area contributed by atoms with E-state index in [2.05, 4.69) is 6.92 Å². The fourth-order valence-electron chi connectivity index (χ4n) is 2.24. The van der Waals surface area contributed by atoms with Gasteiger partial charge in [-0.25, -0.2) is 13.2 Å². The average Bonchev–Trinajstić information content (AvgIpc) is 2.41. The van der Waals surface area contributed by atoms with E-state index in [0.717, 1.165) is 19.3 Å². The van der Waals surface area contributed by atoms with Crippen molar-refractivity contribution in [1.82, 2.24) is 0 Å². The lowest BCUT2D eigenvalue weighted by Gasteiger charge is -2.08. The highest BCUT2D eigenvalue weighted by Gasteiger charge is 2.12. The summed E-state index contributed by atoms with van der Waals surface area (Å²) in [7, 11) is 0. The molecule has 0 nitrogen and oxygen atoms in total. The molecule has 0 aromatic heterocycles. The molecule has 2 aromatic rings. The number of halogens is 3. The van der Waals surface area contributed by atoms with Gasteiger partial charge >= 0.3 is 0 Å². The number of hydrogen-bond acceptors (Lipinski definition) is 0. The SMILES string of the molecule is CCCCCc1ccc(-c2c(F)cccc2F)cc1F. The summed E-state index contributed by atoms with van der Waals surface area (Å²) in [4.78, 5) is 0. The zero-order valence-corrected chi connectivity index (χ0v) is 11.4. The lowest BCUT2D eigenvalue weighted by atomic mass is 10.00. The van der Waals surface area contributed by atoms with E-state index in [4.69, 9.17) is 0 Å². The van der Waals surface area contributed by atoms with E-state index in [1.165, 1.54) is 24.3 Å². The lowest BCUT2D eigenvalue weighted by Crippen LogP contribution is -1.94. The fraction of sp³-hybridized carbons (Fsp3) is 0.294. The first-order chi connectivity index (χ1) is 9.63.